The Morgan fingerprint density at radius 1 is 1.21 bits per heavy atom. The van der Waals surface area contributed by atoms with Gasteiger partial charge in [-0.2, -0.15) is 0 Å². The Kier molecular flexibility index (Phi) is 4.24. The van der Waals surface area contributed by atoms with Gasteiger partial charge in [-0.1, -0.05) is 54.4 Å². The van der Waals surface area contributed by atoms with Gasteiger partial charge in [0, 0.05) is 0 Å². The zero-order valence-corrected chi connectivity index (χ0v) is 11.1. The van der Waals surface area contributed by atoms with E-state index in [0.29, 0.717) is 0 Å². The molecular formula is C6H10Cl3F2NOSi. The number of hydrogen-bond donors (Lipinski definition) is 1. The van der Waals surface area contributed by atoms with Gasteiger partial charge in [0.2, 0.25) is 0 Å². The summed E-state index contributed by atoms with van der Waals surface area (Å²) in [4.78, 5) is 13.4. The highest BCUT2D eigenvalue weighted by molar-refractivity contribution is 6.76. The van der Waals surface area contributed by atoms with Crippen molar-refractivity contribution in [3.05, 3.63) is 0 Å². The lowest BCUT2D eigenvalue weighted by molar-refractivity contribution is -0.128. The van der Waals surface area contributed by atoms with Crippen molar-refractivity contribution in [2.75, 3.05) is 0 Å². The molecule has 0 radical (unpaired) electrons. The van der Waals surface area contributed by atoms with Crippen molar-refractivity contribution in [2.45, 2.75) is 29.4 Å². The zero-order chi connectivity index (χ0) is 11.8. The topological polar surface area (TPSA) is 29.1 Å². The zero-order valence-electron chi connectivity index (χ0n) is 7.80. The molecule has 84 valence electrons. The van der Waals surface area contributed by atoms with Crippen LogP contribution < -0.4 is 4.98 Å². The molecule has 0 aromatic rings. The van der Waals surface area contributed by atoms with Crippen LogP contribution in [0.3, 0.4) is 0 Å². The van der Waals surface area contributed by atoms with E-state index in [1.807, 2.05) is 0 Å². The highest BCUT2D eigenvalue weighted by Gasteiger charge is 2.57. The summed E-state index contributed by atoms with van der Waals surface area (Å²) in [7, 11) is -2.12. The lowest BCUT2D eigenvalue weighted by Crippen LogP contribution is -2.56. The minimum Gasteiger partial charge on any atom is -0.378 e. The largest absolute Gasteiger partial charge is 0.378 e. The molecule has 0 spiro atoms. The maximum Gasteiger partial charge on any atom is 0.322 e. The average Bonchev–Trinajstić information content (AvgIpc) is 1.80. The third-order valence-electron chi connectivity index (χ3n) is 1.13. The molecule has 8 heteroatoms. The van der Waals surface area contributed by atoms with E-state index < -0.39 is 23.9 Å². The lowest BCUT2D eigenvalue weighted by atomic mass is 10.4. The van der Waals surface area contributed by atoms with Gasteiger partial charge in [0.05, 0.1) is 0 Å². The van der Waals surface area contributed by atoms with Crippen LogP contribution in [0.2, 0.25) is 19.6 Å². The fourth-order valence-electron chi connectivity index (χ4n) is 0.548. The molecule has 0 aliphatic carbocycles. The van der Waals surface area contributed by atoms with E-state index in [2.05, 4.69) is 4.98 Å². The Morgan fingerprint density at radius 2 is 1.57 bits per heavy atom. The Bertz CT molecular complexity index is 236. The van der Waals surface area contributed by atoms with Gasteiger partial charge in [0.1, 0.15) is 8.24 Å². The molecule has 0 rings (SSSR count). The number of nitrogens with one attached hydrogen (secondary N) is 1. The standard InChI is InChI=1S/C6H10Cl3F2NOSi/c1-14(2,3)12-4(13)5(7,10)6(8,9)11/h1-3H3,(H,12,13). The molecule has 1 N–H and O–H groups in total. The molecule has 1 atom stereocenters. The van der Waals surface area contributed by atoms with Crippen LogP contribution in [0.1, 0.15) is 0 Å². The molecule has 0 aromatic carbocycles. The second-order valence-corrected chi connectivity index (χ2v) is 10.3. The molecule has 2 nitrogen and oxygen atoms in total. The van der Waals surface area contributed by atoms with Gasteiger partial charge < -0.3 is 4.98 Å². The van der Waals surface area contributed by atoms with Crippen LogP contribution >= 0.6 is 34.8 Å². The first-order chi connectivity index (χ1) is 5.88. The molecule has 0 aliphatic rings. The normalized spacial score (nSPS) is 17.4. The third-order valence-corrected chi connectivity index (χ3v) is 3.25. The summed E-state index contributed by atoms with van der Waals surface area (Å²) in [5, 5.41) is -3.48. The van der Waals surface area contributed by atoms with Gasteiger partial charge in [-0.15, -0.1) is 0 Å². The first-order valence-electron chi connectivity index (χ1n) is 3.65. The summed E-state index contributed by atoms with van der Waals surface area (Å²) in [6.07, 6.45) is 0. The van der Waals surface area contributed by atoms with Crippen molar-refractivity contribution in [3.8, 4) is 0 Å². The summed E-state index contributed by atoms with van der Waals surface area (Å²) < 4.78 is 22.6. The highest BCUT2D eigenvalue weighted by atomic mass is 35.5. The molecular weight excluding hydrogens is 275 g/mol. The summed E-state index contributed by atoms with van der Waals surface area (Å²) in [6.45, 7) is 5.13. The van der Waals surface area contributed by atoms with Crippen molar-refractivity contribution in [1.82, 2.24) is 4.98 Å². The van der Waals surface area contributed by atoms with Gasteiger partial charge in [-0.3, -0.25) is 4.79 Å². The molecule has 1 unspecified atom stereocenters. The summed E-state index contributed by atoms with van der Waals surface area (Å²) >= 11 is 14.6. The van der Waals surface area contributed by atoms with E-state index >= 15 is 0 Å². The van der Waals surface area contributed by atoms with Crippen LogP contribution in [0.4, 0.5) is 8.78 Å². The van der Waals surface area contributed by atoms with Crippen LogP contribution in [0.5, 0.6) is 0 Å². The SMILES string of the molecule is C[Si](C)(C)NC(=O)C(F)(Cl)C(F)(Cl)Cl. The van der Waals surface area contributed by atoms with Gasteiger partial charge in [0.15, 0.2) is 0 Å². The summed E-state index contributed by atoms with van der Waals surface area (Å²) in [6, 6.07) is 0. The molecule has 0 saturated heterocycles. The molecule has 0 saturated carbocycles. The van der Waals surface area contributed by atoms with Crippen molar-refractivity contribution < 1.29 is 13.6 Å². The van der Waals surface area contributed by atoms with E-state index in [1.54, 1.807) is 19.6 Å². The highest BCUT2D eigenvalue weighted by Crippen LogP contribution is 2.42. The van der Waals surface area contributed by atoms with Crippen molar-refractivity contribution in [3.63, 3.8) is 0 Å². The fourth-order valence-corrected chi connectivity index (χ4v) is 1.70. The van der Waals surface area contributed by atoms with Crippen LogP contribution in [0.15, 0.2) is 0 Å². The molecule has 0 bridgehead atoms. The smallest absolute Gasteiger partial charge is 0.322 e. The minimum atomic E-state index is -3.48. The summed E-state index contributed by atoms with van der Waals surface area (Å²) in [5.41, 5.74) is 0. The third kappa shape index (κ3) is 3.88. The fraction of sp³-hybridized carbons (Fsp3) is 0.833. The number of hydrogen-bond acceptors (Lipinski definition) is 1. The Labute approximate surface area is 97.0 Å². The van der Waals surface area contributed by atoms with E-state index in [-0.39, 0.29) is 0 Å². The van der Waals surface area contributed by atoms with Crippen LogP contribution in [0.25, 0.3) is 0 Å². The molecule has 0 aromatic heterocycles. The second kappa shape index (κ2) is 4.12. The number of alkyl halides is 5. The molecule has 0 heterocycles. The van der Waals surface area contributed by atoms with Crippen LogP contribution in [-0.4, -0.2) is 23.9 Å². The monoisotopic (exact) mass is 283 g/mol. The van der Waals surface area contributed by atoms with Gasteiger partial charge in [-0.25, -0.2) is 8.78 Å². The number of rotatable bonds is 3. The first kappa shape index (κ1) is 14.4. The number of carbonyl (C=O) groups excluding carboxylic acids is 1. The van der Waals surface area contributed by atoms with E-state index in [9.17, 15) is 13.6 Å². The predicted molar refractivity (Wildman–Crippen MR) is 56.7 cm³/mol. The Balaban J connectivity index is 4.70. The van der Waals surface area contributed by atoms with Crippen LogP contribution in [0, 0.1) is 0 Å². The maximum absolute atomic E-state index is 13.3. The molecule has 0 fully saturated rings. The predicted octanol–water partition coefficient (Wildman–Crippen LogP) is 2.94. The van der Waals surface area contributed by atoms with Crippen molar-refractivity contribution in [1.29, 1.82) is 0 Å². The summed E-state index contributed by atoms with van der Waals surface area (Å²) in [5.74, 6) is -1.36. The van der Waals surface area contributed by atoms with Crippen LogP contribution in [-0.2, 0) is 4.79 Å². The number of carbonyl (C=O) groups is 1. The molecule has 0 aliphatic heterocycles. The first-order valence-corrected chi connectivity index (χ1v) is 8.28. The van der Waals surface area contributed by atoms with Crippen molar-refractivity contribution in [2.24, 2.45) is 0 Å². The van der Waals surface area contributed by atoms with E-state index in [4.69, 9.17) is 34.8 Å². The average molecular weight is 285 g/mol. The maximum atomic E-state index is 13.3. The van der Waals surface area contributed by atoms with Crippen molar-refractivity contribution >= 4 is 48.9 Å². The molecule has 1 amide bonds. The quantitative estimate of drug-likeness (QED) is 0.626. The second-order valence-electron chi connectivity index (χ2n) is 3.78. The minimum absolute atomic E-state index is 1.36. The van der Waals surface area contributed by atoms with E-state index in [1.165, 1.54) is 0 Å². The van der Waals surface area contributed by atoms with E-state index in [0.717, 1.165) is 0 Å². The van der Waals surface area contributed by atoms with Gasteiger partial charge in [-0.05, 0) is 0 Å². The van der Waals surface area contributed by atoms with Gasteiger partial charge >= 0.3 is 9.72 Å². The lowest BCUT2D eigenvalue weighted by Gasteiger charge is -2.27. The number of amides is 1. The number of halogens is 5. The Hall–Kier alpha value is 0.417. The Morgan fingerprint density at radius 3 is 1.79 bits per heavy atom. The van der Waals surface area contributed by atoms with Gasteiger partial charge in [0.25, 0.3) is 5.91 Å². The molecule has 14 heavy (non-hydrogen) atoms.